The van der Waals surface area contributed by atoms with Crippen molar-refractivity contribution < 1.29 is 14.7 Å². The van der Waals surface area contributed by atoms with E-state index >= 15 is 0 Å². The Bertz CT molecular complexity index is 629. The zero-order valence-corrected chi connectivity index (χ0v) is 13.7. The SMILES string of the molecule is C[C@H](NC(=O)C(=O)NCC[C@@H](O)c1ccsc1)c1ccccc1. The fourth-order valence-electron chi connectivity index (χ4n) is 2.12. The Morgan fingerprint density at radius 2 is 1.87 bits per heavy atom. The van der Waals surface area contributed by atoms with Gasteiger partial charge in [-0.1, -0.05) is 30.3 Å². The monoisotopic (exact) mass is 332 g/mol. The second-order valence-corrected chi connectivity index (χ2v) is 6.00. The van der Waals surface area contributed by atoms with Gasteiger partial charge in [0.05, 0.1) is 12.1 Å². The predicted octanol–water partition coefficient (Wildman–Crippen LogP) is 2.17. The van der Waals surface area contributed by atoms with Gasteiger partial charge < -0.3 is 15.7 Å². The predicted molar refractivity (Wildman–Crippen MR) is 89.9 cm³/mol. The molecular formula is C17H20N2O3S. The molecule has 0 unspecified atom stereocenters. The number of carbonyl (C=O) groups is 2. The molecule has 3 N–H and O–H groups in total. The van der Waals surface area contributed by atoms with E-state index in [9.17, 15) is 14.7 Å². The Labute approximate surface area is 139 Å². The van der Waals surface area contributed by atoms with Gasteiger partial charge in [-0.2, -0.15) is 11.3 Å². The van der Waals surface area contributed by atoms with Crippen molar-refractivity contribution >= 4 is 23.2 Å². The van der Waals surface area contributed by atoms with Crippen LogP contribution < -0.4 is 10.6 Å². The number of carbonyl (C=O) groups excluding carboxylic acids is 2. The summed E-state index contributed by atoms with van der Waals surface area (Å²) in [6.45, 7) is 2.06. The summed E-state index contributed by atoms with van der Waals surface area (Å²) in [5.41, 5.74) is 1.76. The maximum Gasteiger partial charge on any atom is 0.309 e. The van der Waals surface area contributed by atoms with Gasteiger partial charge in [0.2, 0.25) is 0 Å². The van der Waals surface area contributed by atoms with Gasteiger partial charge in [-0.15, -0.1) is 0 Å². The number of hydrogen-bond donors (Lipinski definition) is 3. The van der Waals surface area contributed by atoms with Crippen LogP contribution in [0.3, 0.4) is 0 Å². The molecule has 1 aromatic carbocycles. The third kappa shape index (κ3) is 5.19. The number of amides is 2. The third-order valence-corrected chi connectivity index (χ3v) is 4.19. The van der Waals surface area contributed by atoms with Crippen molar-refractivity contribution in [1.29, 1.82) is 0 Å². The highest BCUT2D eigenvalue weighted by atomic mass is 32.1. The highest BCUT2D eigenvalue weighted by Gasteiger charge is 2.17. The summed E-state index contributed by atoms with van der Waals surface area (Å²) in [5, 5.41) is 18.8. The van der Waals surface area contributed by atoms with Crippen molar-refractivity contribution in [2.24, 2.45) is 0 Å². The van der Waals surface area contributed by atoms with Crippen molar-refractivity contribution in [2.45, 2.75) is 25.5 Å². The average molecular weight is 332 g/mol. The number of hydrogen-bond acceptors (Lipinski definition) is 4. The summed E-state index contributed by atoms with van der Waals surface area (Å²) >= 11 is 1.51. The smallest absolute Gasteiger partial charge is 0.309 e. The standard InChI is InChI=1S/C17H20N2O3S/c1-12(13-5-3-2-4-6-13)19-17(22)16(21)18-9-7-15(20)14-8-10-23-11-14/h2-6,8,10-12,15,20H,7,9H2,1H3,(H,18,21)(H,19,22)/t12-,15+/m0/s1. The first kappa shape index (κ1) is 17.2. The van der Waals surface area contributed by atoms with Gasteiger partial charge in [0.1, 0.15) is 0 Å². The number of aliphatic hydroxyl groups is 1. The average Bonchev–Trinajstić information content (AvgIpc) is 3.10. The van der Waals surface area contributed by atoms with E-state index < -0.39 is 17.9 Å². The minimum absolute atomic E-state index is 0.239. The van der Waals surface area contributed by atoms with Gasteiger partial charge in [-0.3, -0.25) is 9.59 Å². The van der Waals surface area contributed by atoms with Crippen LogP contribution in [0.25, 0.3) is 0 Å². The van der Waals surface area contributed by atoms with Gasteiger partial charge in [0.25, 0.3) is 0 Å². The van der Waals surface area contributed by atoms with Crippen LogP contribution in [0.1, 0.15) is 36.6 Å². The van der Waals surface area contributed by atoms with E-state index in [1.807, 2.05) is 54.1 Å². The summed E-state index contributed by atoms with van der Waals surface area (Å²) in [4.78, 5) is 23.6. The lowest BCUT2D eigenvalue weighted by Gasteiger charge is -2.14. The summed E-state index contributed by atoms with van der Waals surface area (Å²) in [6, 6.07) is 11.0. The number of aliphatic hydroxyl groups excluding tert-OH is 1. The summed E-state index contributed by atoms with van der Waals surface area (Å²) in [5.74, 6) is -1.36. The van der Waals surface area contributed by atoms with E-state index in [2.05, 4.69) is 10.6 Å². The Hall–Kier alpha value is -2.18. The summed E-state index contributed by atoms with van der Waals surface area (Å²) in [6.07, 6.45) is -0.267. The molecule has 0 saturated heterocycles. The van der Waals surface area contributed by atoms with Crippen molar-refractivity contribution in [2.75, 3.05) is 6.54 Å². The molecular weight excluding hydrogens is 312 g/mol. The van der Waals surface area contributed by atoms with Gasteiger partial charge in [-0.25, -0.2) is 0 Å². The van der Waals surface area contributed by atoms with Gasteiger partial charge in [-0.05, 0) is 41.3 Å². The first-order valence-corrected chi connectivity index (χ1v) is 8.36. The molecule has 1 aromatic heterocycles. The molecule has 2 amide bonds. The Morgan fingerprint density at radius 3 is 2.52 bits per heavy atom. The lowest BCUT2D eigenvalue weighted by atomic mass is 10.1. The summed E-state index contributed by atoms with van der Waals surface area (Å²) < 4.78 is 0. The Balaban J connectivity index is 1.74. The molecule has 2 atom stereocenters. The van der Waals surface area contributed by atoms with Gasteiger partial charge in [0, 0.05) is 6.54 Å². The van der Waals surface area contributed by atoms with Crippen LogP contribution in [0.2, 0.25) is 0 Å². The Kier molecular flexibility index (Phi) is 6.31. The number of thiophene rings is 1. The normalized spacial score (nSPS) is 13.1. The van der Waals surface area contributed by atoms with Gasteiger partial charge >= 0.3 is 11.8 Å². The molecule has 0 aliphatic carbocycles. The first-order chi connectivity index (χ1) is 11.1. The van der Waals surface area contributed by atoms with E-state index in [4.69, 9.17) is 0 Å². The highest BCUT2D eigenvalue weighted by molar-refractivity contribution is 7.07. The largest absolute Gasteiger partial charge is 0.388 e. The molecule has 0 aliphatic rings. The molecule has 0 fully saturated rings. The number of rotatable bonds is 6. The molecule has 2 rings (SSSR count). The van der Waals surface area contributed by atoms with Crippen molar-refractivity contribution in [1.82, 2.24) is 10.6 Å². The molecule has 2 aromatic rings. The third-order valence-electron chi connectivity index (χ3n) is 3.48. The zero-order chi connectivity index (χ0) is 16.7. The quantitative estimate of drug-likeness (QED) is 0.709. The van der Waals surface area contributed by atoms with Crippen molar-refractivity contribution in [3.05, 3.63) is 58.3 Å². The number of nitrogens with one attached hydrogen (secondary N) is 2. The molecule has 0 spiro atoms. The van der Waals surface area contributed by atoms with E-state index in [1.54, 1.807) is 0 Å². The molecule has 122 valence electrons. The topological polar surface area (TPSA) is 78.4 Å². The van der Waals surface area contributed by atoms with E-state index in [1.165, 1.54) is 11.3 Å². The van der Waals surface area contributed by atoms with E-state index in [0.29, 0.717) is 6.42 Å². The molecule has 0 aliphatic heterocycles. The maximum absolute atomic E-state index is 11.8. The van der Waals surface area contributed by atoms with Crippen LogP contribution >= 0.6 is 11.3 Å². The zero-order valence-electron chi connectivity index (χ0n) is 12.9. The minimum atomic E-state index is -0.690. The molecule has 23 heavy (non-hydrogen) atoms. The molecule has 0 saturated carbocycles. The maximum atomic E-state index is 11.8. The second-order valence-electron chi connectivity index (χ2n) is 5.22. The van der Waals surface area contributed by atoms with Crippen LogP contribution in [0.5, 0.6) is 0 Å². The van der Waals surface area contributed by atoms with Crippen LogP contribution in [-0.2, 0) is 9.59 Å². The second kappa shape index (κ2) is 8.45. The van der Waals surface area contributed by atoms with E-state index in [0.717, 1.165) is 11.1 Å². The van der Waals surface area contributed by atoms with Crippen LogP contribution in [-0.4, -0.2) is 23.5 Å². The fraction of sp³-hybridized carbons (Fsp3) is 0.294. The molecule has 5 nitrogen and oxygen atoms in total. The molecule has 0 bridgehead atoms. The Morgan fingerprint density at radius 1 is 1.13 bits per heavy atom. The summed E-state index contributed by atoms with van der Waals surface area (Å²) in [7, 11) is 0. The van der Waals surface area contributed by atoms with E-state index in [-0.39, 0.29) is 12.6 Å². The fourth-order valence-corrected chi connectivity index (χ4v) is 2.83. The molecule has 0 radical (unpaired) electrons. The minimum Gasteiger partial charge on any atom is -0.388 e. The number of benzene rings is 1. The van der Waals surface area contributed by atoms with Crippen LogP contribution in [0.15, 0.2) is 47.2 Å². The van der Waals surface area contributed by atoms with Crippen LogP contribution in [0, 0.1) is 0 Å². The lowest BCUT2D eigenvalue weighted by molar-refractivity contribution is -0.139. The molecule has 1 heterocycles. The van der Waals surface area contributed by atoms with Crippen LogP contribution in [0.4, 0.5) is 0 Å². The van der Waals surface area contributed by atoms with Crippen molar-refractivity contribution in [3.8, 4) is 0 Å². The molecule has 6 heteroatoms. The highest BCUT2D eigenvalue weighted by Crippen LogP contribution is 2.18. The van der Waals surface area contributed by atoms with Crippen molar-refractivity contribution in [3.63, 3.8) is 0 Å². The lowest BCUT2D eigenvalue weighted by Crippen LogP contribution is -2.41. The first-order valence-electron chi connectivity index (χ1n) is 7.41. The van der Waals surface area contributed by atoms with Gasteiger partial charge in [0.15, 0.2) is 0 Å².